The lowest BCUT2D eigenvalue weighted by Gasteiger charge is -2.42. The van der Waals surface area contributed by atoms with E-state index < -0.39 is 0 Å². The SMILES string of the molecule is OCC1(CNC2CCN(c3cccc(Nc4ccccc4)c3Cl)CC2)CCC1. The van der Waals surface area contributed by atoms with Crippen molar-refractivity contribution in [1.29, 1.82) is 0 Å². The van der Waals surface area contributed by atoms with Crippen LogP contribution in [0.3, 0.4) is 0 Å². The summed E-state index contributed by atoms with van der Waals surface area (Å²) in [4.78, 5) is 2.39. The minimum absolute atomic E-state index is 0.151. The first kappa shape index (κ1) is 19.6. The quantitative estimate of drug-likeness (QED) is 0.625. The Morgan fingerprint density at radius 2 is 1.79 bits per heavy atom. The van der Waals surface area contributed by atoms with E-state index in [4.69, 9.17) is 11.6 Å². The van der Waals surface area contributed by atoms with Crippen LogP contribution in [0.5, 0.6) is 0 Å². The smallest absolute Gasteiger partial charge is 0.0874 e. The molecule has 2 aromatic rings. The molecule has 2 fully saturated rings. The van der Waals surface area contributed by atoms with Crippen LogP contribution >= 0.6 is 11.6 Å². The summed E-state index contributed by atoms with van der Waals surface area (Å²) >= 11 is 6.75. The van der Waals surface area contributed by atoms with Gasteiger partial charge in [-0.05, 0) is 49.9 Å². The number of nitrogens with one attached hydrogen (secondary N) is 2. The van der Waals surface area contributed by atoms with Crippen LogP contribution in [0.25, 0.3) is 0 Å². The van der Waals surface area contributed by atoms with Crippen LogP contribution in [0, 0.1) is 5.41 Å². The number of para-hydroxylation sites is 1. The summed E-state index contributed by atoms with van der Waals surface area (Å²) in [5.74, 6) is 0. The zero-order valence-corrected chi connectivity index (χ0v) is 17.1. The molecule has 28 heavy (non-hydrogen) atoms. The molecule has 1 heterocycles. The van der Waals surface area contributed by atoms with Gasteiger partial charge in [0.1, 0.15) is 0 Å². The Hall–Kier alpha value is -1.75. The van der Waals surface area contributed by atoms with Crippen molar-refractivity contribution in [3.05, 3.63) is 53.6 Å². The Morgan fingerprint density at radius 3 is 2.43 bits per heavy atom. The van der Waals surface area contributed by atoms with Gasteiger partial charge in [-0.1, -0.05) is 42.3 Å². The van der Waals surface area contributed by atoms with Crippen molar-refractivity contribution in [3.8, 4) is 0 Å². The highest BCUT2D eigenvalue weighted by Gasteiger charge is 2.36. The van der Waals surface area contributed by atoms with E-state index in [1.807, 2.05) is 36.4 Å². The number of aliphatic hydroxyl groups excluding tert-OH is 1. The minimum atomic E-state index is 0.151. The van der Waals surface area contributed by atoms with Crippen molar-refractivity contribution in [2.45, 2.75) is 38.1 Å². The predicted octanol–water partition coefficient (Wildman–Crippen LogP) is 4.80. The Kier molecular flexibility index (Phi) is 6.10. The topological polar surface area (TPSA) is 47.5 Å². The Labute approximate surface area is 172 Å². The van der Waals surface area contributed by atoms with Crippen LogP contribution in [0.2, 0.25) is 5.02 Å². The van der Waals surface area contributed by atoms with Crippen molar-refractivity contribution in [3.63, 3.8) is 0 Å². The second-order valence-electron chi connectivity index (χ2n) is 8.28. The summed E-state index contributed by atoms with van der Waals surface area (Å²) in [6.45, 7) is 3.26. The molecule has 3 N–H and O–H groups in total. The highest BCUT2D eigenvalue weighted by molar-refractivity contribution is 6.36. The lowest BCUT2D eigenvalue weighted by atomic mass is 9.69. The van der Waals surface area contributed by atoms with Gasteiger partial charge in [-0.25, -0.2) is 0 Å². The molecule has 4 nitrogen and oxygen atoms in total. The Bertz CT molecular complexity index is 765. The molecule has 4 rings (SSSR count). The normalized spacial score (nSPS) is 19.3. The molecule has 1 saturated heterocycles. The van der Waals surface area contributed by atoms with Gasteiger partial charge < -0.3 is 20.6 Å². The highest BCUT2D eigenvalue weighted by atomic mass is 35.5. The van der Waals surface area contributed by atoms with Crippen LogP contribution in [0.1, 0.15) is 32.1 Å². The molecular formula is C23H30ClN3O. The maximum atomic E-state index is 9.65. The number of hydrogen-bond donors (Lipinski definition) is 3. The van der Waals surface area contributed by atoms with Gasteiger partial charge in [-0.3, -0.25) is 0 Å². The van der Waals surface area contributed by atoms with E-state index in [0.717, 1.165) is 67.4 Å². The van der Waals surface area contributed by atoms with Crippen molar-refractivity contribution >= 4 is 28.7 Å². The van der Waals surface area contributed by atoms with Gasteiger partial charge in [0.15, 0.2) is 0 Å². The van der Waals surface area contributed by atoms with Crippen LogP contribution < -0.4 is 15.5 Å². The summed E-state index contributed by atoms with van der Waals surface area (Å²) in [6, 6.07) is 16.9. The van der Waals surface area contributed by atoms with E-state index >= 15 is 0 Å². The highest BCUT2D eigenvalue weighted by Crippen LogP contribution is 2.40. The first-order valence-electron chi connectivity index (χ1n) is 10.4. The number of rotatable bonds is 7. The second-order valence-corrected chi connectivity index (χ2v) is 8.66. The van der Waals surface area contributed by atoms with E-state index in [1.165, 1.54) is 6.42 Å². The van der Waals surface area contributed by atoms with Crippen LogP contribution in [-0.2, 0) is 0 Å². The minimum Gasteiger partial charge on any atom is -0.396 e. The molecule has 1 aliphatic carbocycles. The van der Waals surface area contributed by atoms with E-state index in [-0.39, 0.29) is 5.41 Å². The van der Waals surface area contributed by atoms with Gasteiger partial charge in [0, 0.05) is 43.4 Å². The summed E-state index contributed by atoms with van der Waals surface area (Å²) in [6.07, 6.45) is 5.78. The third kappa shape index (κ3) is 4.29. The molecule has 0 aromatic heterocycles. The lowest BCUT2D eigenvalue weighted by Crippen LogP contribution is -2.49. The average Bonchev–Trinajstić information content (AvgIpc) is 2.71. The summed E-state index contributed by atoms with van der Waals surface area (Å²) in [5, 5.41) is 17.6. The monoisotopic (exact) mass is 399 g/mol. The molecule has 1 saturated carbocycles. The number of benzene rings is 2. The third-order valence-electron chi connectivity index (χ3n) is 6.38. The number of anilines is 3. The molecule has 0 radical (unpaired) electrons. The summed E-state index contributed by atoms with van der Waals surface area (Å²) in [7, 11) is 0. The Morgan fingerprint density at radius 1 is 1.04 bits per heavy atom. The molecule has 0 unspecified atom stereocenters. The van der Waals surface area contributed by atoms with Gasteiger partial charge in [0.05, 0.1) is 16.4 Å². The zero-order valence-electron chi connectivity index (χ0n) is 16.3. The fraction of sp³-hybridized carbons (Fsp3) is 0.478. The van der Waals surface area contributed by atoms with Crippen molar-refractivity contribution in [2.24, 2.45) is 5.41 Å². The Balaban J connectivity index is 1.35. The van der Waals surface area contributed by atoms with Crippen LogP contribution in [0.4, 0.5) is 17.1 Å². The van der Waals surface area contributed by atoms with Crippen LogP contribution in [0.15, 0.2) is 48.5 Å². The summed E-state index contributed by atoms with van der Waals surface area (Å²) in [5.41, 5.74) is 3.24. The van der Waals surface area contributed by atoms with Crippen molar-refractivity contribution in [2.75, 3.05) is 36.5 Å². The second kappa shape index (κ2) is 8.73. The van der Waals surface area contributed by atoms with Gasteiger partial charge in [-0.15, -0.1) is 0 Å². The number of hydrogen-bond acceptors (Lipinski definition) is 4. The predicted molar refractivity (Wildman–Crippen MR) is 118 cm³/mol. The van der Waals surface area contributed by atoms with Gasteiger partial charge in [0.2, 0.25) is 0 Å². The van der Waals surface area contributed by atoms with E-state index in [1.54, 1.807) is 0 Å². The number of halogens is 1. The van der Waals surface area contributed by atoms with Gasteiger partial charge in [-0.2, -0.15) is 0 Å². The van der Waals surface area contributed by atoms with E-state index in [0.29, 0.717) is 12.6 Å². The maximum absolute atomic E-state index is 9.65. The summed E-state index contributed by atoms with van der Waals surface area (Å²) < 4.78 is 0. The molecule has 5 heteroatoms. The van der Waals surface area contributed by atoms with E-state index in [9.17, 15) is 5.11 Å². The van der Waals surface area contributed by atoms with Crippen LogP contribution in [-0.4, -0.2) is 37.4 Å². The van der Waals surface area contributed by atoms with E-state index in [2.05, 4.69) is 27.7 Å². The molecular weight excluding hydrogens is 370 g/mol. The van der Waals surface area contributed by atoms with Crippen molar-refractivity contribution in [1.82, 2.24) is 5.32 Å². The average molecular weight is 400 g/mol. The van der Waals surface area contributed by atoms with Gasteiger partial charge >= 0.3 is 0 Å². The fourth-order valence-electron chi connectivity index (χ4n) is 4.29. The number of nitrogens with zero attached hydrogens (tertiary/aromatic N) is 1. The molecule has 0 atom stereocenters. The van der Waals surface area contributed by atoms with Crippen molar-refractivity contribution < 1.29 is 5.11 Å². The molecule has 0 amide bonds. The lowest BCUT2D eigenvalue weighted by molar-refractivity contribution is 0.0412. The largest absolute Gasteiger partial charge is 0.396 e. The maximum Gasteiger partial charge on any atom is 0.0874 e. The first-order valence-corrected chi connectivity index (χ1v) is 10.8. The zero-order chi connectivity index (χ0) is 19.4. The van der Waals surface area contributed by atoms with Gasteiger partial charge in [0.25, 0.3) is 0 Å². The molecule has 0 spiro atoms. The number of aliphatic hydroxyl groups is 1. The molecule has 0 bridgehead atoms. The first-order chi connectivity index (χ1) is 13.7. The standard InChI is InChI=1S/C23H30ClN3O/c24-22-20(26-19-6-2-1-3-7-19)8-4-9-21(22)27-14-10-18(11-15-27)25-16-23(17-28)12-5-13-23/h1-4,6-9,18,25-26,28H,5,10-17H2. The molecule has 2 aromatic carbocycles. The fourth-order valence-corrected chi connectivity index (χ4v) is 4.58. The molecule has 1 aliphatic heterocycles. The third-order valence-corrected chi connectivity index (χ3v) is 6.78. The molecule has 2 aliphatic rings. The molecule has 150 valence electrons. The number of piperidine rings is 1.